The summed E-state index contributed by atoms with van der Waals surface area (Å²) in [5, 5.41) is 5.29. The second-order valence-corrected chi connectivity index (χ2v) is 4.29. The quantitative estimate of drug-likeness (QED) is 0.682. The lowest BCUT2D eigenvalue weighted by molar-refractivity contribution is -0.134. The minimum atomic E-state index is -0.214. The first-order valence-corrected chi connectivity index (χ1v) is 5.78. The fourth-order valence-electron chi connectivity index (χ4n) is 1.92. The number of carbonyl (C=O) groups excluding carboxylic acids is 3. The summed E-state index contributed by atoms with van der Waals surface area (Å²) in [7, 11) is 0. The molecule has 0 aromatic carbocycles. The van der Waals surface area contributed by atoms with E-state index in [1.807, 2.05) is 0 Å². The van der Waals surface area contributed by atoms with Crippen molar-refractivity contribution in [3.05, 3.63) is 0 Å². The van der Waals surface area contributed by atoms with Gasteiger partial charge in [0.2, 0.25) is 17.7 Å². The van der Waals surface area contributed by atoms with Crippen LogP contribution in [0.15, 0.2) is 0 Å². The molecule has 6 heteroatoms. The van der Waals surface area contributed by atoms with Crippen LogP contribution in [-0.2, 0) is 14.4 Å². The third-order valence-corrected chi connectivity index (χ3v) is 2.67. The number of hydrogen-bond acceptors (Lipinski definition) is 3. The summed E-state index contributed by atoms with van der Waals surface area (Å²) < 4.78 is 0. The molecule has 6 nitrogen and oxygen atoms in total. The van der Waals surface area contributed by atoms with Crippen LogP contribution in [0.3, 0.4) is 0 Å². The summed E-state index contributed by atoms with van der Waals surface area (Å²) in [5.41, 5.74) is 0. The second-order valence-electron chi connectivity index (χ2n) is 4.29. The Morgan fingerprint density at radius 2 is 1.94 bits per heavy atom. The van der Waals surface area contributed by atoms with Crippen molar-refractivity contribution in [2.45, 2.75) is 32.7 Å². The van der Waals surface area contributed by atoms with Gasteiger partial charge in [0.15, 0.2) is 0 Å². The van der Waals surface area contributed by atoms with E-state index in [0.29, 0.717) is 13.1 Å². The molecule has 1 saturated heterocycles. The van der Waals surface area contributed by atoms with Gasteiger partial charge >= 0.3 is 0 Å². The van der Waals surface area contributed by atoms with Crippen molar-refractivity contribution >= 4 is 17.7 Å². The highest BCUT2D eigenvalue weighted by atomic mass is 16.2. The predicted octanol–water partition coefficient (Wildman–Crippen LogP) is -0.750. The molecule has 1 fully saturated rings. The summed E-state index contributed by atoms with van der Waals surface area (Å²) in [6, 6.07) is 0.0301. The Morgan fingerprint density at radius 1 is 1.24 bits per heavy atom. The lowest BCUT2D eigenvalue weighted by Crippen LogP contribution is -2.51. The zero-order valence-corrected chi connectivity index (χ0v) is 10.3. The van der Waals surface area contributed by atoms with Crippen LogP contribution in [0.1, 0.15) is 26.7 Å². The second kappa shape index (κ2) is 6.22. The summed E-state index contributed by atoms with van der Waals surface area (Å²) in [4.78, 5) is 35.0. The summed E-state index contributed by atoms with van der Waals surface area (Å²) >= 11 is 0. The van der Waals surface area contributed by atoms with E-state index < -0.39 is 0 Å². The Kier molecular flexibility index (Phi) is 4.93. The van der Waals surface area contributed by atoms with E-state index in [4.69, 9.17) is 0 Å². The van der Waals surface area contributed by atoms with E-state index in [1.165, 1.54) is 13.8 Å². The Labute approximate surface area is 101 Å². The fraction of sp³-hybridized carbons (Fsp3) is 0.727. The normalized spacial score (nSPS) is 19.6. The van der Waals surface area contributed by atoms with Gasteiger partial charge in [-0.15, -0.1) is 0 Å². The van der Waals surface area contributed by atoms with E-state index in [2.05, 4.69) is 10.6 Å². The van der Waals surface area contributed by atoms with Gasteiger partial charge in [0.05, 0.1) is 6.54 Å². The number of amides is 3. The molecule has 0 saturated carbocycles. The Balaban J connectivity index is 2.40. The molecule has 3 amide bonds. The van der Waals surface area contributed by atoms with Crippen LogP contribution in [0.5, 0.6) is 0 Å². The monoisotopic (exact) mass is 241 g/mol. The van der Waals surface area contributed by atoms with Crippen LogP contribution in [0.2, 0.25) is 0 Å². The minimum absolute atomic E-state index is 0.0299. The predicted molar refractivity (Wildman–Crippen MR) is 62.1 cm³/mol. The fourth-order valence-corrected chi connectivity index (χ4v) is 1.92. The summed E-state index contributed by atoms with van der Waals surface area (Å²) in [6.07, 6.45) is 1.76. The molecular weight excluding hydrogens is 222 g/mol. The standard InChI is InChI=1S/C11H19N3O3/c1-8(15)12-6-11(17)14-5-3-4-10(7-14)13-9(2)16/h10H,3-7H2,1-2H3,(H,12,15)(H,13,16)/t10-/m1/s1. The van der Waals surface area contributed by atoms with Gasteiger partial charge < -0.3 is 15.5 Å². The first-order valence-electron chi connectivity index (χ1n) is 5.78. The van der Waals surface area contributed by atoms with Crippen LogP contribution in [0.25, 0.3) is 0 Å². The molecule has 0 aromatic rings. The molecule has 1 aliphatic heterocycles. The van der Waals surface area contributed by atoms with Gasteiger partial charge in [-0.1, -0.05) is 0 Å². The van der Waals surface area contributed by atoms with Crippen LogP contribution >= 0.6 is 0 Å². The first kappa shape index (κ1) is 13.5. The molecule has 0 radical (unpaired) electrons. The highest BCUT2D eigenvalue weighted by molar-refractivity contribution is 5.83. The number of rotatable bonds is 3. The van der Waals surface area contributed by atoms with E-state index in [0.717, 1.165) is 12.8 Å². The molecule has 0 aliphatic carbocycles. The smallest absolute Gasteiger partial charge is 0.242 e. The lowest BCUT2D eigenvalue weighted by Gasteiger charge is -2.33. The van der Waals surface area contributed by atoms with E-state index in [9.17, 15) is 14.4 Å². The topological polar surface area (TPSA) is 78.5 Å². The van der Waals surface area contributed by atoms with E-state index in [1.54, 1.807) is 4.90 Å². The van der Waals surface area contributed by atoms with Crippen molar-refractivity contribution in [3.63, 3.8) is 0 Å². The molecule has 1 rings (SSSR count). The molecule has 0 aromatic heterocycles. The van der Waals surface area contributed by atoms with Gasteiger partial charge in [-0.25, -0.2) is 0 Å². The van der Waals surface area contributed by atoms with Crippen molar-refractivity contribution < 1.29 is 14.4 Å². The van der Waals surface area contributed by atoms with Gasteiger partial charge in [-0.2, -0.15) is 0 Å². The van der Waals surface area contributed by atoms with E-state index >= 15 is 0 Å². The molecule has 0 unspecified atom stereocenters. The van der Waals surface area contributed by atoms with Crippen LogP contribution < -0.4 is 10.6 Å². The maximum absolute atomic E-state index is 11.7. The Bertz CT molecular complexity index is 317. The lowest BCUT2D eigenvalue weighted by atomic mass is 10.1. The zero-order valence-electron chi connectivity index (χ0n) is 10.3. The number of piperidine rings is 1. The van der Waals surface area contributed by atoms with Crippen molar-refractivity contribution in [2.75, 3.05) is 19.6 Å². The van der Waals surface area contributed by atoms with Gasteiger partial charge in [0.25, 0.3) is 0 Å². The van der Waals surface area contributed by atoms with Crippen molar-refractivity contribution in [2.24, 2.45) is 0 Å². The number of likely N-dealkylation sites (tertiary alicyclic amines) is 1. The van der Waals surface area contributed by atoms with Crippen molar-refractivity contribution in [1.82, 2.24) is 15.5 Å². The summed E-state index contributed by atoms with van der Waals surface area (Å²) in [5.74, 6) is -0.393. The first-order chi connectivity index (χ1) is 7.99. The maximum Gasteiger partial charge on any atom is 0.242 e. The molecule has 0 bridgehead atoms. The number of hydrogen-bond donors (Lipinski definition) is 2. The Hall–Kier alpha value is -1.59. The van der Waals surface area contributed by atoms with Gasteiger partial charge in [-0.05, 0) is 12.8 Å². The highest BCUT2D eigenvalue weighted by Crippen LogP contribution is 2.09. The van der Waals surface area contributed by atoms with Crippen molar-refractivity contribution in [1.29, 1.82) is 0 Å². The molecule has 1 heterocycles. The molecular formula is C11H19N3O3. The third-order valence-electron chi connectivity index (χ3n) is 2.67. The largest absolute Gasteiger partial charge is 0.352 e. The summed E-state index contributed by atoms with van der Waals surface area (Å²) in [6.45, 7) is 4.09. The number of nitrogens with one attached hydrogen (secondary N) is 2. The molecule has 1 aliphatic rings. The zero-order chi connectivity index (χ0) is 12.8. The molecule has 2 N–H and O–H groups in total. The molecule has 96 valence electrons. The van der Waals surface area contributed by atoms with Gasteiger partial charge in [-0.3, -0.25) is 14.4 Å². The Morgan fingerprint density at radius 3 is 2.53 bits per heavy atom. The highest BCUT2D eigenvalue weighted by Gasteiger charge is 2.23. The molecule has 1 atom stereocenters. The average molecular weight is 241 g/mol. The van der Waals surface area contributed by atoms with E-state index in [-0.39, 0.29) is 30.3 Å². The van der Waals surface area contributed by atoms with Crippen molar-refractivity contribution in [3.8, 4) is 0 Å². The molecule has 0 spiro atoms. The number of carbonyl (C=O) groups is 3. The van der Waals surface area contributed by atoms with Crippen LogP contribution in [0, 0.1) is 0 Å². The minimum Gasteiger partial charge on any atom is -0.352 e. The maximum atomic E-state index is 11.7. The molecule has 17 heavy (non-hydrogen) atoms. The SMILES string of the molecule is CC(=O)NCC(=O)N1CCC[C@@H](NC(C)=O)C1. The third kappa shape index (κ3) is 4.84. The average Bonchev–Trinajstić information content (AvgIpc) is 2.25. The van der Waals surface area contributed by atoms with Crippen LogP contribution in [-0.4, -0.2) is 48.3 Å². The van der Waals surface area contributed by atoms with Crippen LogP contribution in [0.4, 0.5) is 0 Å². The van der Waals surface area contributed by atoms with Gasteiger partial charge in [0.1, 0.15) is 0 Å². The van der Waals surface area contributed by atoms with Gasteiger partial charge in [0, 0.05) is 33.0 Å². The number of nitrogens with zero attached hydrogens (tertiary/aromatic N) is 1.